The minimum atomic E-state index is -3.49. The van der Waals surface area contributed by atoms with Crippen molar-refractivity contribution in [3.63, 3.8) is 0 Å². The highest BCUT2D eigenvalue weighted by atomic mass is 32.2. The van der Waals surface area contributed by atoms with Crippen LogP contribution in [0.15, 0.2) is 34.4 Å². The molecule has 2 aromatic rings. The van der Waals surface area contributed by atoms with E-state index in [0.717, 1.165) is 24.3 Å². The lowest BCUT2D eigenvalue weighted by Gasteiger charge is -2.29. The first-order chi connectivity index (χ1) is 13.7. The zero-order valence-corrected chi connectivity index (χ0v) is 18.6. The first kappa shape index (κ1) is 21.5. The number of aromatic nitrogens is 2. The summed E-state index contributed by atoms with van der Waals surface area (Å²) in [7, 11) is -1.42. The average molecular weight is 420 g/mol. The van der Waals surface area contributed by atoms with Crippen LogP contribution in [0.4, 0.5) is 5.82 Å². The smallest absolute Gasteiger partial charge is 0.245 e. The number of nitrogens with zero attached hydrogens (tertiary/aromatic N) is 4. The number of quaternary nitrogens is 1. The fraction of sp³-hybridized carbons (Fsp3) is 0.500. The van der Waals surface area contributed by atoms with Gasteiger partial charge in [0.1, 0.15) is 10.7 Å². The molecule has 9 heteroatoms. The Bertz CT molecular complexity index is 971. The molecule has 0 aliphatic carbocycles. The van der Waals surface area contributed by atoms with Crippen molar-refractivity contribution in [3.05, 3.63) is 41.3 Å². The number of rotatable bonds is 6. The maximum Gasteiger partial charge on any atom is 0.245 e. The molecule has 29 heavy (non-hydrogen) atoms. The van der Waals surface area contributed by atoms with Gasteiger partial charge < -0.3 is 9.47 Å². The Kier molecular flexibility index (Phi) is 6.40. The third kappa shape index (κ3) is 4.68. The summed E-state index contributed by atoms with van der Waals surface area (Å²) in [4.78, 5) is 5.78. The summed E-state index contributed by atoms with van der Waals surface area (Å²) in [6, 6.07) is 5.71. The molecule has 0 atom stereocenters. The molecular weight excluding hydrogens is 388 g/mol. The van der Waals surface area contributed by atoms with Gasteiger partial charge in [-0.1, -0.05) is 0 Å². The predicted molar refractivity (Wildman–Crippen MR) is 115 cm³/mol. The quantitative estimate of drug-likeness (QED) is 0.541. The van der Waals surface area contributed by atoms with E-state index in [1.54, 1.807) is 18.3 Å². The Labute approximate surface area is 173 Å². The van der Waals surface area contributed by atoms with Gasteiger partial charge in [-0.15, -0.1) is 0 Å². The molecule has 8 nitrogen and oxygen atoms in total. The second-order valence-corrected chi connectivity index (χ2v) is 9.84. The number of nitrogens with one attached hydrogen (secondary N) is 2. The minimum Gasteiger partial charge on any atom is -0.346 e. The van der Waals surface area contributed by atoms with E-state index < -0.39 is 10.0 Å². The highest BCUT2D eigenvalue weighted by Gasteiger charge is 2.29. The lowest BCUT2D eigenvalue weighted by molar-refractivity contribution is -0.883. The first-order valence-corrected chi connectivity index (χ1v) is 11.4. The van der Waals surface area contributed by atoms with E-state index in [1.807, 2.05) is 0 Å². The number of piperazine rings is 1. The van der Waals surface area contributed by atoms with Crippen molar-refractivity contribution in [1.82, 2.24) is 13.9 Å². The molecule has 1 aliphatic heterocycles. The van der Waals surface area contributed by atoms with Crippen LogP contribution in [0.3, 0.4) is 0 Å². The van der Waals surface area contributed by atoms with Crippen LogP contribution < -0.4 is 10.3 Å². The van der Waals surface area contributed by atoms with Gasteiger partial charge in [-0.05, 0) is 45.9 Å². The Morgan fingerprint density at radius 2 is 1.93 bits per heavy atom. The second kappa shape index (κ2) is 8.64. The van der Waals surface area contributed by atoms with Crippen LogP contribution in [0.25, 0.3) is 0 Å². The molecule has 1 aliphatic rings. The minimum absolute atomic E-state index is 0.215. The van der Waals surface area contributed by atoms with Crippen LogP contribution in [0, 0.1) is 13.8 Å². The Hall–Kier alpha value is -2.23. The van der Waals surface area contributed by atoms with Gasteiger partial charge >= 0.3 is 0 Å². The summed E-state index contributed by atoms with van der Waals surface area (Å²) in [5, 5.41) is 4.26. The molecule has 3 rings (SSSR count). The standard InChI is InChI=1S/C20H30N6O2S/c1-15(2)26-16(3)12-18(17(26)4)13-22-23-20-7-6-19(14-21-20)29(27,28)25-10-8-24(5)9-11-25/h6-7,12-15H,8-11H2,1-5H3,(H,21,23)/p+1/b22-13-. The highest BCUT2D eigenvalue weighted by molar-refractivity contribution is 7.89. The summed E-state index contributed by atoms with van der Waals surface area (Å²) in [5.41, 5.74) is 6.27. The topological polar surface area (TPSA) is 84.0 Å². The molecule has 2 N–H and O–H groups in total. The summed E-state index contributed by atoms with van der Waals surface area (Å²) in [5.74, 6) is 0.501. The van der Waals surface area contributed by atoms with E-state index in [9.17, 15) is 8.42 Å². The Balaban J connectivity index is 1.67. The summed E-state index contributed by atoms with van der Waals surface area (Å²) < 4.78 is 29.3. The van der Waals surface area contributed by atoms with Gasteiger partial charge in [-0.3, -0.25) is 5.43 Å². The summed E-state index contributed by atoms with van der Waals surface area (Å²) in [6.45, 7) is 11.2. The lowest BCUT2D eigenvalue weighted by atomic mass is 10.2. The number of hydrogen-bond donors (Lipinski definition) is 2. The van der Waals surface area contributed by atoms with Gasteiger partial charge in [0, 0.05) is 29.2 Å². The van der Waals surface area contributed by atoms with Crippen molar-refractivity contribution in [3.8, 4) is 0 Å². The van der Waals surface area contributed by atoms with Gasteiger partial charge in [0.05, 0.1) is 39.4 Å². The van der Waals surface area contributed by atoms with Gasteiger partial charge in [0.2, 0.25) is 10.0 Å². The van der Waals surface area contributed by atoms with Gasteiger partial charge in [0.25, 0.3) is 0 Å². The lowest BCUT2D eigenvalue weighted by Crippen LogP contribution is -3.12. The summed E-state index contributed by atoms with van der Waals surface area (Å²) >= 11 is 0. The molecule has 0 spiro atoms. The fourth-order valence-corrected chi connectivity index (χ4v) is 5.14. The molecule has 1 fully saturated rings. The third-order valence-electron chi connectivity index (χ3n) is 5.37. The number of sulfonamides is 1. The Morgan fingerprint density at radius 3 is 2.48 bits per heavy atom. The zero-order chi connectivity index (χ0) is 21.2. The molecule has 158 valence electrons. The van der Waals surface area contributed by atoms with E-state index in [0.29, 0.717) is 24.9 Å². The average Bonchev–Trinajstić information content (AvgIpc) is 2.96. The molecule has 2 aromatic heterocycles. The van der Waals surface area contributed by atoms with E-state index in [2.05, 4.69) is 60.9 Å². The largest absolute Gasteiger partial charge is 0.346 e. The number of pyridine rings is 1. The predicted octanol–water partition coefficient (Wildman–Crippen LogP) is 1.05. The monoisotopic (exact) mass is 419 g/mol. The Morgan fingerprint density at radius 1 is 1.24 bits per heavy atom. The maximum atomic E-state index is 12.8. The van der Waals surface area contributed by atoms with E-state index in [1.165, 1.54) is 21.1 Å². The number of hydrazone groups is 1. The van der Waals surface area contributed by atoms with Crippen LogP contribution in [0.1, 0.15) is 36.8 Å². The van der Waals surface area contributed by atoms with E-state index >= 15 is 0 Å². The molecule has 0 bridgehead atoms. The zero-order valence-electron chi connectivity index (χ0n) is 17.8. The van der Waals surface area contributed by atoms with Crippen LogP contribution in [0.2, 0.25) is 0 Å². The van der Waals surface area contributed by atoms with Gasteiger partial charge in [-0.25, -0.2) is 13.4 Å². The second-order valence-electron chi connectivity index (χ2n) is 7.90. The maximum absolute atomic E-state index is 12.8. The molecule has 0 unspecified atom stereocenters. The first-order valence-electron chi connectivity index (χ1n) is 9.95. The molecule has 0 saturated carbocycles. The van der Waals surface area contributed by atoms with Crippen LogP contribution >= 0.6 is 0 Å². The van der Waals surface area contributed by atoms with Crippen molar-refractivity contribution in [2.45, 2.75) is 38.6 Å². The number of likely N-dealkylation sites (N-methyl/N-ethyl adjacent to an activating group) is 1. The molecular formula is C20H31N6O2S+. The van der Waals surface area contributed by atoms with E-state index in [4.69, 9.17) is 0 Å². The van der Waals surface area contributed by atoms with Gasteiger partial charge in [-0.2, -0.15) is 9.41 Å². The van der Waals surface area contributed by atoms with Gasteiger partial charge in [0.15, 0.2) is 0 Å². The number of hydrogen-bond acceptors (Lipinski definition) is 5. The van der Waals surface area contributed by atoms with Crippen molar-refractivity contribution >= 4 is 22.1 Å². The molecule has 1 saturated heterocycles. The molecule has 0 radical (unpaired) electrons. The fourth-order valence-electron chi connectivity index (χ4n) is 3.75. The normalized spacial score (nSPS) is 16.8. The number of anilines is 1. The van der Waals surface area contributed by atoms with Crippen molar-refractivity contribution in [2.75, 3.05) is 38.7 Å². The molecule has 3 heterocycles. The van der Waals surface area contributed by atoms with Crippen LogP contribution in [-0.2, 0) is 10.0 Å². The third-order valence-corrected chi connectivity index (χ3v) is 7.25. The molecule has 0 amide bonds. The van der Waals surface area contributed by atoms with Crippen molar-refractivity contribution < 1.29 is 13.3 Å². The van der Waals surface area contributed by atoms with E-state index in [-0.39, 0.29) is 4.90 Å². The number of aryl methyl sites for hydroxylation is 1. The van der Waals surface area contributed by atoms with Crippen molar-refractivity contribution in [2.24, 2.45) is 5.10 Å². The van der Waals surface area contributed by atoms with Crippen LogP contribution in [-0.4, -0.2) is 61.7 Å². The summed E-state index contributed by atoms with van der Waals surface area (Å²) in [6.07, 6.45) is 3.16. The molecule has 0 aromatic carbocycles. The highest BCUT2D eigenvalue weighted by Crippen LogP contribution is 2.19. The van der Waals surface area contributed by atoms with Crippen LogP contribution in [0.5, 0.6) is 0 Å². The SMILES string of the molecule is Cc1cc(/C=N\Nc2ccc(S(=O)(=O)N3CC[NH+](C)CC3)cn2)c(C)n1C(C)C. The van der Waals surface area contributed by atoms with Crippen molar-refractivity contribution in [1.29, 1.82) is 0 Å².